The van der Waals surface area contributed by atoms with Gasteiger partial charge in [0.2, 0.25) is 0 Å². The Morgan fingerprint density at radius 1 is 1.12 bits per heavy atom. The average molecular weight is 331 g/mol. The number of rotatable bonds is 3. The van der Waals surface area contributed by atoms with E-state index in [4.69, 9.17) is 5.73 Å². The molecule has 122 valence electrons. The number of hydrogen-bond donors (Lipinski definition) is 2. The van der Waals surface area contributed by atoms with Gasteiger partial charge in [0.15, 0.2) is 6.33 Å². The second kappa shape index (κ2) is 5.95. The quantitative estimate of drug-likeness (QED) is 0.530. The molecule has 0 aliphatic heterocycles. The second-order valence-corrected chi connectivity index (χ2v) is 5.71. The zero-order valence-corrected chi connectivity index (χ0v) is 13.4. The van der Waals surface area contributed by atoms with E-state index in [1.54, 1.807) is 6.82 Å². The van der Waals surface area contributed by atoms with Crippen molar-refractivity contribution in [2.24, 2.45) is 0 Å². The fourth-order valence-corrected chi connectivity index (χ4v) is 2.75. The molecule has 2 aromatic carbocycles. The van der Waals surface area contributed by atoms with E-state index in [9.17, 15) is 5.02 Å². The van der Waals surface area contributed by atoms with E-state index in [-0.39, 0.29) is 0 Å². The summed E-state index contributed by atoms with van der Waals surface area (Å²) < 4.78 is 0. The van der Waals surface area contributed by atoms with Gasteiger partial charge in [-0.05, 0) is 34.4 Å². The Morgan fingerprint density at radius 3 is 2.76 bits per heavy atom. The Bertz CT molecular complexity index is 1050. The Labute approximate surface area is 143 Å². The fraction of sp³-hybridized carbons (Fsp3) is 0.0625. The number of hydrogen-bond acceptors (Lipinski definition) is 7. The highest BCUT2D eigenvalue weighted by Gasteiger charge is 2.15. The maximum absolute atomic E-state index is 9.94. The van der Waals surface area contributed by atoms with Crippen molar-refractivity contribution in [2.75, 3.05) is 5.73 Å². The van der Waals surface area contributed by atoms with Crippen LogP contribution in [-0.4, -0.2) is 42.3 Å². The predicted octanol–water partition coefficient (Wildman–Crippen LogP) is 0.675. The summed E-state index contributed by atoms with van der Waals surface area (Å²) in [5.41, 5.74) is 10.5. The smallest absolute Gasteiger partial charge is 0.320 e. The van der Waals surface area contributed by atoms with E-state index < -0.39 is 6.92 Å². The molecule has 0 saturated carbocycles. The normalized spacial score (nSPS) is 11.0. The average Bonchev–Trinajstić information content (AvgIpc) is 3.15. The van der Waals surface area contributed by atoms with Crippen LogP contribution in [-0.2, 0) is 0 Å². The van der Waals surface area contributed by atoms with Crippen molar-refractivity contribution in [3.05, 3.63) is 48.9 Å². The molecule has 0 fully saturated rings. The third-order valence-electron chi connectivity index (χ3n) is 4.05. The number of aromatic nitrogens is 6. The molecule has 0 bridgehead atoms. The van der Waals surface area contributed by atoms with Gasteiger partial charge in [-0.25, -0.2) is 0 Å². The predicted molar refractivity (Wildman–Crippen MR) is 95.6 cm³/mol. The number of nitrogens with two attached hydrogens (primary N) is 1. The number of nitrogen functional groups attached to an aromatic ring is 1. The SMILES string of the molecule is CB(O)c1ccc(-n2ncnn2)c(-c2ccc3c(N)cnnc3c2)c1. The minimum atomic E-state index is -0.590. The lowest BCUT2D eigenvalue weighted by atomic mass is 9.64. The fourth-order valence-electron chi connectivity index (χ4n) is 2.75. The van der Waals surface area contributed by atoms with Crippen LogP contribution in [0, 0.1) is 0 Å². The lowest BCUT2D eigenvalue weighted by Crippen LogP contribution is -2.26. The van der Waals surface area contributed by atoms with E-state index in [0.29, 0.717) is 11.2 Å². The number of benzene rings is 2. The van der Waals surface area contributed by atoms with E-state index in [1.165, 1.54) is 17.3 Å². The number of nitrogens with zero attached hydrogens (tertiary/aromatic N) is 6. The van der Waals surface area contributed by atoms with Crippen LogP contribution in [0.2, 0.25) is 6.82 Å². The third-order valence-corrected chi connectivity index (χ3v) is 4.05. The summed E-state index contributed by atoms with van der Waals surface area (Å²) in [4.78, 5) is 1.44. The zero-order chi connectivity index (χ0) is 17.4. The van der Waals surface area contributed by atoms with Crippen molar-refractivity contribution in [2.45, 2.75) is 6.82 Å². The molecule has 0 radical (unpaired) electrons. The molecule has 0 atom stereocenters. The molecule has 0 amide bonds. The highest BCUT2D eigenvalue weighted by atomic mass is 16.2. The van der Waals surface area contributed by atoms with E-state index >= 15 is 0 Å². The lowest BCUT2D eigenvalue weighted by Gasteiger charge is -2.12. The van der Waals surface area contributed by atoms with Gasteiger partial charge in [0.1, 0.15) is 0 Å². The van der Waals surface area contributed by atoms with Gasteiger partial charge >= 0.3 is 6.92 Å². The maximum Gasteiger partial charge on any atom is 0.320 e. The molecule has 2 heterocycles. The standard InChI is InChI=1S/C16H14BN7O/c1-17(25)11-3-5-16(24-21-9-20-23-24)13(7-11)10-2-4-12-14(18)8-19-22-15(12)6-10/h2-9,25H,1H3,(H2,18,22). The molecule has 9 heteroatoms. The van der Waals surface area contributed by atoms with Crippen molar-refractivity contribution < 1.29 is 5.02 Å². The van der Waals surface area contributed by atoms with E-state index in [2.05, 4.69) is 25.6 Å². The van der Waals surface area contributed by atoms with E-state index in [0.717, 1.165) is 27.7 Å². The van der Waals surface area contributed by atoms with Crippen LogP contribution in [0.15, 0.2) is 48.9 Å². The topological polar surface area (TPSA) is 116 Å². The van der Waals surface area contributed by atoms with Gasteiger partial charge in [0.05, 0.1) is 23.1 Å². The zero-order valence-electron chi connectivity index (χ0n) is 13.4. The minimum absolute atomic E-state index is 0.576. The van der Waals surface area contributed by atoms with Crippen LogP contribution in [0.5, 0.6) is 0 Å². The highest BCUT2D eigenvalue weighted by Crippen LogP contribution is 2.29. The maximum atomic E-state index is 9.94. The summed E-state index contributed by atoms with van der Waals surface area (Å²) in [7, 11) is 0. The number of tetrazole rings is 1. The monoisotopic (exact) mass is 331 g/mol. The molecule has 0 spiro atoms. The molecule has 0 aliphatic rings. The van der Waals surface area contributed by atoms with Crippen molar-refractivity contribution in [1.82, 2.24) is 30.4 Å². The van der Waals surface area contributed by atoms with Crippen molar-refractivity contribution in [1.29, 1.82) is 0 Å². The summed E-state index contributed by atoms with van der Waals surface area (Å²) in [6.45, 7) is 1.13. The molecule has 4 rings (SSSR count). The molecule has 0 unspecified atom stereocenters. The van der Waals surface area contributed by atoms with Crippen LogP contribution in [0.4, 0.5) is 5.69 Å². The van der Waals surface area contributed by atoms with Gasteiger partial charge in [0, 0.05) is 10.9 Å². The molecule has 0 saturated heterocycles. The number of anilines is 1. The summed E-state index contributed by atoms with van der Waals surface area (Å²) in [6.07, 6.45) is 2.90. The summed E-state index contributed by atoms with van der Waals surface area (Å²) >= 11 is 0. The Hall–Kier alpha value is -3.33. The molecule has 2 aromatic heterocycles. The Morgan fingerprint density at radius 2 is 2.00 bits per heavy atom. The molecule has 8 nitrogen and oxygen atoms in total. The van der Waals surface area contributed by atoms with Gasteiger partial charge in [-0.3, -0.25) is 0 Å². The van der Waals surface area contributed by atoms with Gasteiger partial charge < -0.3 is 10.8 Å². The first-order valence-corrected chi connectivity index (χ1v) is 7.70. The molecule has 0 aliphatic carbocycles. The van der Waals surface area contributed by atoms with Crippen LogP contribution in [0.3, 0.4) is 0 Å². The van der Waals surface area contributed by atoms with Gasteiger partial charge in [0.25, 0.3) is 0 Å². The van der Waals surface area contributed by atoms with Gasteiger partial charge in [-0.1, -0.05) is 25.0 Å². The highest BCUT2D eigenvalue weighted by molar-refractivity contribution is 6.64. The van der Waals surface area contributed by atoms with Gasteiger partial charge in [-0.15, -0.1) is 15.0 Å². The molecular formula is C16H14BN7O. The van der Waals surface area contributed by atoms with Crippen LogP contribution < -0.4 is 11.2 Å². The first-order chi connectivity index (χ1) is 12.1. The lowest BCUT2D eigenvalue weighted by molar-refractivity contribution is 0.594. The van der Waals surface area contributed by atoms with Crippen LogP contribution >= 0.6 is 0 Å². The largest absolute Gasteiger partial charge is 0.447 e. The van der Waals surface area contributed by atoms with E-state index in [1.807, 2.05) is 36.4 Å². The molecule has 3 N–H and O–H groups in total. The van der Waals surface area contributed by atoms with Crippen LogP contribution in [0.25, 0.3) is 27.7 Å². The third kappa shape index (κ3) is 2.70. The second-order valence-electron chi connectivity index (χ2n) is 5.71. The first-order valence-electron chi connectivity index (χ1n) is 7.70. The summed E-state index contributed by atoms with van der Waals surface area (Å²) in [5, 5.41) is 30.7. The Balaban J connectivity index is 1.95. The molecule has 4 aromatic rings. The van der Waals surface area contributed by atoms with Crippen LogP contribution in [0.1, 0.15) is 0 Å². The molecular weight excluding hydrogens is 317 g/mol. The number of fused-ring (bicyclic) bond motifs is 1. The Kier molecular flexibility index (Phi) is 3.62. The van der Waals surface area contributed by atoms with Crippen molar-refractivity contribution in [3.63, 3.8) is 0 Å². The van der Waals surface area contributed by atoms with Gasteiger partial charge in [-0.2, -0.15) is 10.2 Å². The molecule has 25 heavy (non-hydrogen) atoms. The summed E-state index contributed by atoms with van der Waals surface area (Å²) in [5.74, 6) is 0. The first kappa shape index (κ1) is 15.2. The van der Waals surface area contributed by atoms with Crippen molar-refractivity contribution >= 4 is 29.0 Å². The summed E-state index contributed by atoms with van der Waals surface area (Å²) in [6, 6.07) is 11.4. The van der Waals surface area contributed by atoms with Crippen molar-refractivity contribution in [3.8, 4) is 16.8 Å². The minimum Gasteiger partial charge on any atom is -0.447 e.